The lowest BCUT2D eigenvalue weighted by atomic mass is 9.81. The molecule has 0 aromatic carbocycles. The first-order chi connectivity index (χ1) is 42.2. The number of aliphatic carboxylic acids is 2. The first kappa shape index (κ1) is 73.1. The number of nitrogens with two attached hydrogens (primary N) is 2. The van der Waals surface area contributed by atoms with E-state index in [1.165, 1.54) is 0 Å². The van der Waals surface area contributed by atoms with Crippen LogP contribution in [-0.2, 0) is 71.2 Å². The zero-order valence-corrected chi connectivity index (χ0v) is 48.6. The van der Waals surface area contributed by atoms with Crippen molar-refractivity contribution in [1.82, 2.24) is 0 Å². The Morgan fingerprint density at radius 1 is 0.326 bits per heavy atom. The van der Waals surface area contributed by atoms with Crippen molar-refractivity contribution >= 4 is 35.5 Å². The fourth-order valence-corrected chi connectivity index (χ4v) is 13.8. The number of hydrogen-bond acceptors (Lipinski definition) is 38. The molecule has 14 unspecified atom stereocenters. The Balaban J connectivity index is 1.11. The van der Waals surface area contributed by atoms with Gasteiger partial charge in [-0.05, 0) is 6.42 Å². The molecule has 40 heteroatoms. The Kier molecular flexibility index (Phi) is 26.2. The van der Waals surface area contributed by atoms with Crippen LogP contribution in [0, 0.1) is 5.92 Å². The fourth-order valence-electron chi connectivity index (χ4n) is 11.7. The largest absolute Gasteiger partial charge is 0.480 e. The highest BCUT2D eigenvalue weighted by Crippen LogP contribution is 2.41. The molecular weight excluding hydrogens is 1260 g/mol. The number of hydrogen-bond donors (Lipinski definition) is 23. The molecule has 0 spiro atoms. The van der Waals surface area contributed by atoms with Crippen LogP contribution in [0.25, 0.3) is 0 Å². The monoisotopic (exact) mass is 1340 g/mol. The molecule has 21 saturated heterocycles. The molecule has 21 aliphatic rings. The maximum atomic E-state index is 11.7. The van der Waals surface area contributed by atoms with E-state index in [4.69, 9.17) is 73.0 Å². The number of carbonyl (C=O) groups is 2. The Bertz CT molecular complexity index is 2200. The Hall–Kier alpha value is -1.72. The van der Waals surface area contributed by atoms with Crippen molar-refractivity contribution in [2.75, 3.05) is 56.0 Å². The van der Waals surface area contributed by atoms with Crippen LogP contribution in [0.4, 0.5) is 0 Å². The van der Waals surface area contributed by atoms with Crippen molar-refractivity contribution in [2.24, 2.45) is 17.4 Å². The average Bonchev–Trinajstić information content (AvgIpc) is 0.884. The maximum Gasteiger partial charge on any atom is 0.321 e. The van der Waals surface area contributed by atoms with E-state index in [0.717, 1.165) is 23.5 Å². The van der Waals surface area contributed by atoms with Crippen LogP contribution in [-0.4, -0.2) is 396 Å². The van der Waals surface area contributed by atoms with Crippen LogP contribution < -0.4 is 11.5 Å². The summed E-state index contributed by atoms with van der Waals surface area (Å²) in [5, 5.41) is 234. The topological polar surface area (TPSA) is 631 Å². The quantitative estimate of drug-likeness (QED) is 0.0724. The van der Waals surface area contributed by atoms with Gasteiger partial charge in [0.25, 0.3) is 0 Å². The maximum absolute atomic E-state index is 11.7. The van der Waals surface area contributed by atoms with E-state index in [1.807, 2.05) is 0 Å². The molecule has 21 fully saturated rings. The SMILES string of the molecule is N[C@H](CSCC1O[C@H]2O[C@@H]3C(CO)O[C@H](O[C@@H]4C(CO)O[C@H](O[C@@H]5C(CO)O[C@@H](O[C@@H]6C(CSC[C@@H](N)C(=O)O)O[C@H](O[C@@H]7C(CO)O[C@@H](C[C@@H]8C(CO)O[C@@H](O[C@H]1[C@H](O)C2O)C(O)[C@H]8O)C(O)[C@H]7O)C(O)[C@H]6O)C(O)[C@H]5O)C(O)[C@H]4O)C(O)[C@H]3O)C(=O)O. The van der Waals surface area contributed by atoms with Crippen molar-refractivity contribution in [3.63, 3.8) is 0 Å². The van der Waals surface area contributed by atoms with Crippen LogP contribution in [0.5, 0.6) is 0 Å². The van der Waals surface area contributed by atoms with E-state index >= 15 is 0 Å². The van der Waals surface area contributed by atoms with Crippen LogP contribution in [0.15, 0.2) is 0 Å². The summed E-state index contributed by atoms with van der Waals surface area (Å²) in [5.74, 6) is -5.60. The van der Waals surface area contributed by atoms with Crippen molar-refractivity contribution in [2.45, 2.75) is 227 Å². The van der Waals surface area contributed by atoms with E-state index in [9.17, 15) is 117 Å². The molecule has 0 aromatic rings. The van der Waals surface area contributed by atoms with Gasteiger partial charge in [-0.3, -0.25) is 9.59 Å². The van der Waals surface area contributed by atoms with Gasteiger partial charge in [0.05, 0.1) is 63.6 Å². The number of rotatable bonds is 15. The summed E-state index contributed by atoms with van der Waals surface area (Å²) < 4.78 is 76.4. The van der Waals surface area contributed by atoms with Gasteiger partial charge >= 0.3 is 11.9 Å². The summed E-state index contributed by atoms with van der Waals surface area (Å²) in [6, 6.07) is -2.91. The van der Waals surface area contributed by atoms with Gasteiger partial charge in [0.2, 0.25) is 0 Å². The van der Waals surface area contributed by atoms with Gasteiger partial charge in [0, 0.05) is 28.9 Å². The first-order valence-corrected chi connectivity index (χ1v) is 30.7. The molecule has 21 rings (SSSR count). The molecule has 0 aliphatic carbocycles. The number of aliphatic hydroxyl groups is 19. The third-order valence-electron chi connectivity index (χ3n) is 16.8. The van der Waals surface area contributed by atoms with Crippen molar-refractivity contribution in [3.8, 4) is 0 Å². The second kappa shape index (κ2) is 31.9. The summed E-state index contributed by atoms with van der Waals surface area (Å²) in [6.45, 7) is -5.20. The number of carboxylic acids is 2. The Morgan fingerprint density at radius 3 is 0.843 bits per heavy atom. The Labute approximate surface area is 513 Å². The van der Waals surface area contributed by atoms with Crippen molar-refractivity contribution in [3.05, 3.63) is 0 Å². The standard InChI is InChI=1S/C49H82N2O36S2/c50-12(42(71)72)7-88-9-20-40-28(63)35(70)49(81-20)85-39-19(6-56)78-46(32(67)26(39)61)83-37-17(4-54)77-45(31(66)25(37)60)84-38-18(5-55)79-47(33(68)27(38)62)87-41-21(10-89-8-13(51)43(73)74)80-48(34(69)29(41)64)82-36-16(3-53)75-14(23(58)24(36)59)1-11-15(2-52)76-44(86-40)30(65)22(11)57/h11-41,44-49,52-70H,1-10,50-51H2,(H,71,72)(H,73,74)/t11-,12-,13-,14+,15?,16?,17?,18?,19?,20?,21?,22+,23?,24-,25-,26-,27-,28-,29-,30?,31?,32?,33?,34?,35?,36-,37-,38-,39-,40-,41-,44+,45-,46-,47+,48-,49+/m1/s1. The van der Waals surface area contributed by atoms with E-state index in [1.54, 1.807) is 0 Å². The second-order valence-electron chi connectivity index (χ2n) is 22.7. The molecule has 14 bridgehead atoms. The number of thioether (sulfide) groups is 2. The van der Waals surface area contributed by atoms with E-state index < -0.39 is 278 Å². The second-order valence-corrected chi connectivity index (χ2v) is 24.9. The van der Waals surface area contributed by atoms with Gasteiger partial charge < -0.3 is 180 Å². The van der Waals surface area contributed by atoms with Gasteiger partial charge in [-0.15, -0.1) is 0 Å². The lowest BCUT2D eigenvalue weighted by Crippen LogP contribution is -2.68. The zero-order chi connectivity index (χ0) is 65.2. The van der Waals surface area contributed by atoms with E-state index in [2.05, 4.69) is 0 Å². The molecule has 89 heavy (non-hydrogen) atoms. The molecular formula is C49H82N2O36S2. The molecule has 0 saturated carbocycles. The van der Waals surface area contributed by atoms with Crippen LogP contribution in [0.2, 0.25) is 0 Å². The lowest BCUT2D eigenvalue weighted by molar-refractivity contribution is -0.395. The van der Waals surface area contributed by atoms with Gasteiger partial charge in [-0.25, -0.2) is 0 Å². The summed E-state index contributed by atoms with van der Waals surface area (Å²) in [5.41, 5.74) is 11.4. The van der Waals surface area contributed by atoms with Gasteiger partial charge in [-0.1, -0.05) is 0 Å². The average molecular weight is 1340 g/mol. The number of aliphatic hydroxyl groups excluding tert-OH is 19. The van der Waals surface area contributed by atoms with Gasteiger partial charge in [-0.2, -0.15) is 23.5 Å². The molecule has 25 N–H and O–H groups in total. The minimum absolute atomic E-state index is 0.302. The third kappa shape index (κ3) is 15.9. The molecule has 21 heterocycles. The molecule has 0 aromatic heterocycles. The predicted molar refractivity (Wildman–Crippen MR) is 283 cm³/mol. The molecule has 516 valence electrons. The van der Waals surface area contributed by atoms with Crippen LogP contribution in [0.1, 0.15) is 6.42 Å². The summed E-state index contributed by atoms with van der Waals surface area (Å²) in [4.78, 5) is 23.2. The highest BCUT2D eigenvalue weighted by Gasteiger charge is 2.59. The number of carboxylic acid groups (broad SMARTS) is 2. The molecule has 37 atom stereocenters. The minimum Gasteiger partial charge on any atom is -0.480 e. The van der Waals surface area contributed by atoms with Gasteiger partial charge in [0.15, 0.2) is 37.7 Å². The van der Waals surface area contributed by atoms with Crippen LogP contribution in [0.3, 0.4) is 0 Å². The molecule has 38 nitrogen and oxygen atoms in total. The first-order valence-electron chi connectivity index (χ1n) is 28.4. The Morgan fingerprint density at radius 2 is 0.562 bits per heavy atom. The highest BCUT2D eigenvalue weighted by atomic mass is 32.2. The smallest absolute Gasteiger partial charge is 0.321 e. The summed E-state index contributed by atoms with van der Waals surface area (Å²) >= 11 is 1.63. The zero-order valence-electron chi connectivity index (χ0n) is 46.9. The molecule has 0 radical (unpaired) electrons. The fraction of sp³-hybridized carbons (Fsp3) is 0.959. The van der Waals surface area contributed by atoms with Crippen molar-refractivity contribution < 1.29 is 178 Å². The van der Waals surface area contributed by atoms with Gasteiger partial charge in [0.1, 0.15) is 152 Å². The highest BCUT2D eigenvalue weighted by molar-refractivity contribution is 7.99. The summed E-state index contributed by atoms with van der Waals surface area (Å²) in [7, 11) is 0. The van der Waals surface area contributed by atoms with Crippen molar-refractivity contribution in [1.29, 1.82) is 0 Å². The summed E-state index contributed by atoms with van der Waals surface area (Å²) in [6.07, 6.45) is -67.9. The molecule has 0 amide bonds. The van der Waals surface area contributed by atoms with E-state index in [-0.39, 0.29) is 23.0 Å². The third-order valence-corrected chi connectivity index (χ3v) is 19.1. The van der Waals surface area contributed by atoms with Crippen LogP contribution >= 0.6 is 23.5 Å². The lowest BCUT2D eigenvalue weighted by Gasteiger charge is -2.50. The number of ether oxygens (including phenoxy) is 13. The molecule has 21 aliphatic heterocycles. The predicted octanol–water partition coefficient (Wildman–Crippen LogP) is -14.3. The normalized spacial score (nSPS) is 50.1. The minimum atomic E-state index is -2.25. The van der Waals surface area contributed by atoms with E-state index in [0.29, 0.717) is 0 Å².